The largest absolute Gasteiger partial charge is 0.390 e. The van der Waals surface area contributed by atoms with E-state index >= 15 is 0 Å². The minimum atomic E-state index is 0.114. The van der Waals surface area contributed by atoms with E-state index in [1.54, 1.807) is 0 Å². The summed E-state index contributed by atoms with van der Waals surface area (Å²) < 4.78 is 2.31. The monoisotopic (exact) mass is 571 g/mol. The molecule has 1 amide bonds. The molecule has 0 aliphatic carbocycles. The van der Waals surface area contributed by atoms with Gasteiger partial charge in [-0.2, -0.15) is 0 Å². The molecule has 0 saturated carbocycles. The number of aromatic nitrogens is 2. The normalized spacial score (nSPS) is 14.7. The summed E-state index contributed by atoms with van der Waals surface area (Å²) in [6.45, 7) is 14.7. The number of hydrogen-bond donors (Lipinski definition) is 1. The van der Waals surface area contributed by atoms with Gasteiger partial charge in [-0.1, -0.05) is 34.1 Å². The van der Waals surface area contributed by atoms with E-state index in [1.165, 1.54) is 45.0 Å². The standard InChI is InChI=1S/C34H49N7O/c1-26(2)15-21-40(22-16-27(3)4)34(42)29-11-14-31-32(23-29)41(20-8-19-39-17-6-5-7-18-39)33(38-31)28-9-12-30(13-10-28)37-25-36-24-35/h9-14,23-27H,5-8,15-22H2,1-4H3,(H2,35,36,37). The number of amides is 1. The fraction of sp³-hybridized carbons (Fsp3) is 0.529. The maximum atomic E-state index is 13.8. The zero-order chi connectivity index (χ0) is 29.9. The lowest BCUT2D eigenvalue weighted by atomic mass is 10.1. The van der Waals surface area contributed by atoms with Crippen LogP contribution >= 0.6 is 0 Å². The van der Waals surface area contributed by atoms with Gasteiger partial charge in [0.15, 0.2) is 0 Å². The van der Waals surface area contributed by atoms with Gasteiger partial charge in [0, 0.05) is 30.8 Å². The molecule has 0 unspecified atom stereocenters. The van der Waals surface area contributed by atoms with Crippen LogP contribution in [0.5, 0.6) is 0 Å². The summed E-state index contributed by atoms with van der Waals surface area (Å²) in [4.78, 5) is 31.7. The fourth-order valence-corrected chi connectivity index (χ4v) is 5.50. The number of rotatable bonds is 14. The first kappa shape index (κ1) is 31.4. The molecule has 8 nitrogen and oxygen atoms in total. The number of fused-ring (bicyclic) bond motifs is 1. The van der Waals surface area contributed by atoms with Crippen molar-refractivity contribution in [1.82, 2.24) is 19.4 Å². The Morgan fingerprint density at radius 1 is 0.976 bits per heavy atom. The Kier molecular flexibility index (Phi) is 11.7. The van der Waals surface area contributed by atoms with E-state index in [2.05, 4.69) is 53.2 Å². The number of carbonyl (C=O) groups is 1. The third-order valence-corrected chi connectivity index (χ3v) is 8.02. The van der Waals surface area contributed by atoms with Crippen LogP contribution in [0.3, 0.4) is 0 Å². The number of aliphatic imine (C=N–C) groups is 2. The molecule has 1 aliphatic heterocycles. The zero-order valence-corrected chi connectivity index (χ0v) is 26.0. The van der Waals surface area contributed by atoms with Crippen molar-refractivity contribution >= 4 is 35.3 Å². The van der Waals surface area contributed by atoms with Crippen molar-refractivity contribution in [1.29, 1.82) is 0 Å². The molecule has 3 aromatic rings. The van der Waals surface area contributed by atoms with E-state index in [0.717, 1.165) is 79.1 Å². The Morgan fingerprint density at radius 2 is 1.67 bits per heavy atom. The van der Waals surface area contributed by atoms with Crippen LogP contribution in [0.4, 0.5) is 5.69 Å². The number of benzene rings is 2. The van der Waals surface area contributed by atoms with Gasteiger partial charge in [0.2, 0.25) is 0 Å². The fourth-order valence-electron chi connectivity index (χ4n) is 5.50. The predicted molar refractivity (Wildman–Crippen MR) is 176 cm³/mol. The molecule has 1 saturated heterocycles. The number of nitrogens with zero attached hydrogens (tertiary/aromatic N) is 6. The molecule has 0 radical (unpaired) electrons. The van der Waals surface area contributed by atoms with Crippen molar-refractivity contribution in [3.05, 3.63) is 48.0 Å². The summed E-state index contributed by atoms with van der Waals surface area (Å²) >= 11 is 0. The smallest absolute Gasteiger partial charge is 0.253 e. The van der Waals surface area contributed by atoms with Gasteiger partial charge in [0.25, 0.3) is 5.91 Å². The minimum Gasteiger partial charge on any atom is -0.390 e. The average molecular weight is 572 g/mol. The average Bonchev–Trinajstić information content (AvgIpc) is 3.35. The van der Waals surface area contributed by atoms with Crippen LogP contribution in [0.25, 0.3) is 22.4 Å². The number of likely N-dealkylation sites (tertiary alicyclic amines) is 1. The molecule has 42 heavy (non-hydrogen) atoms. The van der Waals surface area contributed by atoms with Crippen molar-refractivity contribution in [2.75, 3.05) is 32.7 Å². The van der Waals surface area contributed by atoms with Gasteiger partial charge in [-0.05, 0) is 106 Å². The third-order valence-electron chi connectivity index (χ3n) is 8.02. The molecule has 0 bridgehead atoms. The van der Waals surface area contributed by atoms with Gasteiger partial charge in [-0.15, -0.1) is 0 Å². The number of aryl methyl sites for hydroxylation is 1. The van der Waals surface area contributed by atoms with Crippen LogP contribution in [0.2, 0.25) is 0 Å². The van der Waals surface area contributed by atoms with Crippen molar-refractivity contribution in [2.24, 2.45) is 27.6 Å². The second-order valence-electron chi connectivity index (χ2n) is 12.3. The molecule has 2 aromatic carbocycles. The van der Waals surface area contributed by atoms with E-state index in [0.29, 0.717) is 11.8 Å². The second kappa shape index (κ2) is 15.6. The number of hydrogen-bond acceptors (Lipinski definition) is 4. The Hall–Kier alpha value is -3.52. The lowest BCUT2D eigenvalue weighted by Gasteiger charge is -2.26. The molecule has 0 spiro atoms. The first-order valence-electron chi connectivity index (χ1n) is 15.7. The molecule has 0 atom stereocenters. The van der Waals surface area contributed by atoms with Crippen LogP contribution in [-0.4, -0.2) is 70.7 Å². The van der Waals surface area contributed by atoms with Crippen LogP contribution in [-0.2, 0) is 6.54 Å². The predicted octanol–water partition coefficient (Wildman–Crippen LogP) is 6.76. The number of imidazole rings is 1. The Morgan fingerprint density at radius 3 is 2.31 bits per heavy atom. The van der Waals surface area contributed by atoms with E-state index in [1.807, 2.05) is 41.3 Å². The molecule has 1 aromatic heterocycles. The molecule has 2 N–H and O–H groups in total. The van der Waals surface area contributed by atoms with Crippen molar-refractivity contribution in [2.45, 2.75) is 72.8 Å². The first-order valence-corrected chi connectivity index (χ1v) is 15.7. The first-order chi connectivity index (χ1) is 20.4. The lowest BCUT2D eigenvalue weighted by Crippen LogP contribution is -2.34. The van der Waals surface area contributed by atoms with Crippen LogP contribution in [0, 0.1) is 11.8 Å². The molecule has 1 fully saturated rings. The van der Waals surface area contributed by atoms with Crippen molar-refractivity contribution < 1.29 is 4.79 Å². The van der Waals surface area contributed by atoms with E-state index in [4.69, 9.17) is 10.7 Å². The lowest BCUT2D eigenvalue weighted by molar-refractivity contribution is 0.0741. The van der Waals surface area contributed by atoms with Crippen molar-refractivity contribution in [3.63, 3.8) is 0 Å². The third kappa shape index (κ3) is 8.74. The quantitative estimate of drug-likeness (QED) is 0.171. The topological polar surface area (TPSA) is 92.1 Å². The molecular weight excluding hydrogens is 522 g/mol. The van der Waals surface area contributed by atoms with Crippen LogP contribution in [0.1, 0.15) is 76.6 Å². The highest BCUT2D eigenvalue weighted by Gasteiger charge is 2.20. The van der Waals surface area contributed by atoms with Gasteiger partial charge in [0.1, 0.15) is 12.2 Å². The van der Waals surface area contributed by atoms with Crippen LogP contribution in [0.15, 0.2) is 52.4 Å². The van der Waals surface area contributed by atoms with Gasteiger partial charge >= 0.3 is 0 Å². The molecule has 2 heterocycles. The highest BCUT2D eigenvalue weighted by atomic mass is 16.2. The summed E-state index contributed by atoms with van der Waals surface area (Å²) in [6, 6.07) is 14.1. The summed E-state index contributed by atoms with van der Waals surface area (Å²) in [6.07, 6.45) is 9.62. The SMILES string of the molecule is CC(C)CCN(CCC(C)C)C(=O)c1ccc2nc(-c3ccc(N=CN=CN)cc3)n(CCCN3CCCCC3)c2c1. The van der Waals surface area contributed by atoms with Crippen LogP contribution < -0.4 is 5.73 Å². The minimum absolute atomic E-state index is 0.114. The van der Waals surface area contributed by atoms with Gasteiger partial charge in [-0.3, -0.25) is 4.79 Å². The highest BCUT2D eigenvalue weighted by Crippen LogP contribution is 2.28. The van der Waals surface area contributed by atoms with E-state index in [9.17, 15) is 4.79 Å². The summed E-state index contributed by atoms with van der Waals surface area (Å²) in [7, 11) is 0. The van der Waals surface area contributed by atoms with E-state index in [-0.39, 0.29) is 5.91 Å². The summed E-state index contributed by atoms with van der Waals surface area (Å²) in [5.41, 5.74) is 9.80. The highest BCUT2D eigenvalue weighted by molar-refractivity contribution is 5.98. The zero-order valence-electron chi connectivity index (χ0n) is 26.0. The maximum Gasteiger partial charge on any atom is 0.253 e. The van der Waals surface area contributed by atoms with Gasteiger partial charge < -0.3 is 20.1 Å². The summed E-state index contributed by atoms with van der Waals surface area (Å²) in [5.74, 6) is 2.13. The molecule has 4 rings (SSSR count). The van der Waals surface area contributed by atoms with Gasteiger partial charge in [-0.25, -0.2) is 15.0 Å². The molecule has 8 heteroatoms. The Bertz CT molecular complexity index is 1320. The Labute approximate surface area is 251 Å². The summed E-state index contributed by atoms with van der Waals surface area (Å²) in [5, 5.41) is 0. The maximum absolute atomic E-state index is 13.8. The Balaban J connectivity index is 1.65. The number of piperidine rings is 1. The van der Waals surface area contributed by atoms with Gasteiger partial charge in [0.05, 0.1) is 23.1 Å². The molecule has 1 aliphatic rings. The second-order valence-corrected chi connectivity index (χ2v) is 12.3. The number of nitrogens with two attached hydrogens (primary N) is 1. The molecule has 226 valence electrons. The van der Waals surface area contributed by atoms with E-state index < -0.39 is 0 Å². The number of carbonyl (C=O) groups excluding carboxylic acids is 1. The van der Waals surface area contributed by atoms with Crippen molar-refractivity contribution in [3.8, 4) is 11.4 Å². The molecular formula is C34H49N7O.